The summed E-state index contributed by atoms with van der Waals surface area (Å²) in [4.78, 5) is 82.2. The van der Waals surface area contributed by atoms with Crippen LogP contribution in [0.15, 0.2) is 80.5 Å². The maximum absolute atomic E-state index is 13.8. The van der Waals surface area contributed by atoms with Crippen LogP contribution in [0.25, 0.3) is 11.4 Å². The van der Waals surface area contributed by atoms with Crippen LogP contribution >= 0.6 is 0 Å². The van der Waals surface area contributed by atoms with Crippen molar-refractivity contribution in [1.82, 2.24) is 18.7 Å². The van der Waals surface area contributed by atoms with E-state index in [0.29, 0.717) is 48.4 Å². The molecule has 18 nitrogen and oxygen atoms in total. The number of hydrazone groups is 2. The van der Waals surface area contributed by atoms with Gasteiger partial charge in [-0.05, 0) is 120 Å². The van der Waals surface area contributed by atoms with Gasteiger partial charge in [0.1, 0.15) is 11.4 Å². The summed E-state index contributed by atoms with van der Waals surface area (Å²) in [5, 5.41) is 8.21. The third-order valence-corrected chi connectivity index (χ3v) is 15.9. The molecule has 10 fully saturated rings. The summed E-state index contributed by atoms with van der Waals surface area (Å²) in [6, 6.07) is 18.2. The monoisotopic (exact) mass is 886 g/mol. The molecular weight excluding hydrogens is 837 g/mol. The summed E-state index contributed by atoms with van der Waals surface area (Å²) in [6.07, 6.45) is 6.48. The molecule has 0 radical (unpaired) electrons. The standard InChI is InChI=1S/C47H50N8O10/c1-24-36(40(56)54(52(24)3)34-11-7-5-8-12-34)48-50-38-42(58)62-46(63-43(38)59)30-16-26-15-27-18-32-22-29(28(20-30)21-31(46)17-26)23-33(19-27)47(32)64-44(60)39(45(61)65-47)51-49-37-25(2)53(4)55(41(37)57)35-13-9-6-10-14-35/h5-14,26-33,48-49H,15-23H2,1-4H3. The van der Waals surface area contributed by atoms with Gasteiger partial charge in [0.05, 0.1) is 22.8 Å². The number of nitrogens with one attached hydrogen (secondary N) is 2. The molecule has 0 amide bonds. The van der Waals surface area contributed by atoms with E-state index in [1.54, 1.807) is 61.6 Å². The molecule has 14 rings (SSSR count). The van der Waals surface area contributed by atoms with Gasteiger partial charge in [0.25, 0.3) is 34.1 Å². The molecule has 4 unspecified atom stereocenters. The highest BCUT2D eigenvalue weighted by Crippen LogP contribution is 2.63. The van der Waals surface area contributed by atoms with Gasteiger partial charge in [-0.3, -0.25) is 29.8 Å². The molecule has 65 heavy (non-hydrogen) atoms. The zero-order valence-electron chi connectivity index (χ0n) is 36.5. The average molecular weight is 887 g/mol. The minimum absolute atomic E-state index is 0.110. The smallest absolute Gasteiger partial charge is 0.369 e. The Balaban J connectivity index is 0.801. The molecule has 18 heteroatoms. The predicted molar refractivity (Wildman–Crippen MR) is 233 cm³/mol. The number of ether oxygens (including phenoxy) is 4. The summed E-state index contributed by atoms with van der Waals surface area (Å²) in [6.45, 7) is 3.47. The molecule has 338 valence electrons. The van der Waals surface area contributed by atoms with Crippen molar-refractivity contribution in [2.45, 2.75) is 83.2 Å². The molecule has 2 saturated heterocycles. The van der Waals surface area contributed by atoms with Crippen LogP contribution in [0, 0.1) is 61.2 Å². The number of anilines is 2. The molecule has 4 atom stereocenters. The Kier molecular flexibility index (Phi) is 9.41. The summed E-state index contributed by atoms with van der Waals surface area (Å²) in [5.41, 5.74) is 6.04. The van der Waals surface area contributed by atoms with Gasteiger partial charge in [0.15, 0.2) is 0 Å². The summed E-state index contributed by atoms with van der Waals surface area (Å²) in [5.74, 6) is -6.30. The molecule has 2 spiro atoms. The second kappa shape index (κ2) is 14.9. The van der Waals surface area contributed by atoms with Crippen LogP contribution in [0.4, 0.5) is 11.4 Å². The normalized spacial score (nSPS) is 32.2. The first-order valence-corrected chi connectivity index (χ1v) is 22.5. The van der Waals surface area contributed by atoms with Crippen molar-refractivity contribution in [3.05, 3.63) is 92.8 Å². The zero-order chi connectivity index (χ0) is 45.1. The quantitative estimate of drug-likeness (QED) is 0.201. The van der Waals surface area contributed by atoms with Crippen molar-refractivity contribution in [2.75, 3.05) is 10.9 Å². The fraction of sp³-hybridized carbons (Fsp3) is 0.489. The van der Waals surface area contributed by atoms with Crippen LogP contribution in [0.2, 0.25) is 0 Å². The van der Waals surface area contributed by atoms with E-state index in [1.165, 1.54) is 9.36 Å². The van der Waals surface area contributed by atoms with Crippen LogP contribution in [0.5, 0.6) is 0 Å². The molecule has 4 heterocycles. The Morgan fingerprint density at radius 3 is 1.14 bits per heavy atom. The third kappa shape index (κ3) is 6.26. The maximum atomic E-state index is 13.8. The minimum Gasteiger partial charge on any atom is -0.417 e. The van der Waals surface area contributed by atoms with E-state index in [2.05, 4.69) is 21.1 Å². The first kappa shape index (κ1) is 41.0. The largest absolute Gasteiger partial charge is 0.417 e. The molecule has 8 saturated carbocycles. The topological polar surface area (TPSA) is 208 Å². The van der Waals surface area contributed by atoms with E-state index in [1.807, 2.05) is 36.4 Å². The molecular formula is C47H50N8O10. The molecule has 4 aromatic rings. The van der Waals surface area contributed by atoms with Gasteiger partial charge in [-0.25, -0.2) is 28.5 Å². The van der Waals surface area contributed by atoms with E-state index in [0.717, 1.165) is 32.1 Å². The van der Waals surface area contributed by atoms with Crippen LogP contribution in [-0.2, 0) is 52.2 Å². The van der Waals surface area contributed by atoms with Crippen LogP contribution < -0.4 is 22.0 Å². The summed E-state index contributed by atoms with van der Waals surface area (Å²) < 4.78 is 31.2. The van der Waals surface area contributed by atoms with Gasteiger partial charge in [-0.1, -0.05) is 36.4 Å². The molecule has 8 aliphatic carbocycles. The van der Waals surface area contributed by atoms with Gasteiger partial charge in [0.2, 0.25) is 0 Å². The van der Waals surface area contributed by atoms with Crippen LogP contribution in [0.1, 0.15) is 69.2 Å². The third-order valence-electron chi connectivity index (χ3n) is 15.9. The number of aromatic nitrogens is 4. The first-order valence-electron chi connectivity index (χ1n) is 22.5. The first-order chi connectivity index (χ1) is 31.3. The van der Waals surface area contributed by atoms with E-state index in [-0.39, 0.29) is 58.7 Å². The fourth-order valence-corrected chi connectivity index (χ4v) is 12.9. The van der Waals surface area contributed by atoms with Crippen molar-refractivity contribution in [3.63, 3.8) is 0 Å². The molecule has 8 bridgehead atoms. The summed E-state index contributed by atoms with van der Waals surface area (Å²) in [7, 11) is 3.47. The average Bonchev–Trinajstić information content (AvgIpc) is 3.58. The predicted octanol–water partition coefficient (Wildman–Crippen LogP) is 4.62. The number of carbonyl (C=O) groups excluding carboxylic acids is 4. The lowest BCUT2D eigenvalue weighted by Crippen LogP contribution is -2.65. The zero-order valence-corrected chi connectivity index (χ0v) is 36.5. The highest BCUT2D eigenvalue weighted by Gasteiger charge is 2.68. The van der Waals surface area contributed by atoms with Crippen molar-refractivity contribution < 1.29 is 38.1 Å². The number of carbonyl (C=O) groups is 4. The number of hydrogen-bond donors (Lipinski definition) is 2. The van der Waals surface area contributed by atoms with Gasteiger partial charge < -0.3 is 18.9 Å². The second-order valence-electron chi connectivity index (χ2n) is 19.2. The van der Waals surface area contributed by atoms with Crippen LogP contribution in [0.3, 0.4) is 0 Å². The Morgan fingerprint density at radius 2 is 0.815 bits per heavy atom. The lowest BCUT2D eigenvalue weighted by Gasteiger charge is -2.57. The number of hydrogen-bond acceptors (Lipinski definition) is 14. The lowest BCUT2D eigenvalue weighted by molar-refractivity contribution is -0.307. The highest BCUT2D eigenvalue weighted by atomic mass is 16.8. The van der Waals surface area contributed by atoms with Crippen molar-refractivity contribution in [2.24, 2.45) is 71.6 Å². The fourth-order valence-electron chi connectivity index (χ4n) is 12.9. The Morgan fingerprint density at radius 1 is 0.492 bits per heavy atom. The molecule has 2 aliphatic heterocycles. The van der Waals surface area contributed by atoms with E-state index < -0.39 is 58.0 Å². The second-order valence-corrected chi connectivity index (χ2v) is 19.2. The minimum atomic E-state index is -1.42. The van der Waals surface area contributed by atoms with Crippen molar-refractivity contribution >= 4 is 46.7 Å². The number of esters is 4. The van der Waals surface area contributed by atoms with E-state index in [4.69, 9.17) is 18.9 Å². The molecule has 2 N–H and O–H groups in total. The SMILES string of the molecule is Cc1c(NN=C2C(=O)OC3(OC2=O)C2CC4CC5CC6CC(CC(C5)C65OC(=O)C(=NNc6c(C)n(C)n(-c7ccccc7)c6=O)C(=O)O5)C(C2)CC3C4)c(=O)n(-c2ccccc2)n1C. The van der Waals surface area contributed by atoms with Gasteiger partial charge in [-0.15, -0.1) is 0 Å². The van der Waals surface area contributed by atoms with Gasteiger partial charge in [-0.2, -0.15) is 10.2 Å². The number of nitrogens with zero attached hydrogens (tertiary/aromatic N) is 6. The molecule has 2 aromatic heterocycles. The van der Waals surface area contributed by atoms with E-state index in [9.17, 15) is 28.8 Å². The van der Waals surface area contributed by atoms with Crippen molar-refractivity contribution in [3.8, 4) is 11.4 Å². The van der Waals surface area contributed by atoms with Crippen molar-refractivity contribution in [1.29, 1.82) is 0 Å². The lowest BCUT2D eigenvalue weighted by atomic mass is 9.55. The van der Waals surface area contributed by atoms with Crippen LogP contribution in [-0.4, -0.2) is 65.6 Å². The maximum Gasteiger partial charge on any atom is 0.369 e. The highest BCUT2D eigenvalue weighted by molar-refractivity contribution is 6.63. The van der Waals surface area contributed by atoms with Gasteiger partial charge >= 0.3 is 23.9 Å². The number of para-hydroxylation sites is 2. The summed E-state index contributed by atoms with van der Waals surface area (Å²) >= 11 is 0. The number of rotatable bonds is 6. The molecule has 10 aliphatic rings. The Hall–Kier alpha value is -6.72. The Bertz CT molecular complexity index is 2590. The number of benzene rings is 2. The van der Waals surface area contributed by atoms with E-state index >= 15 is 0 Å². The van der Waals surface area contributed by atoms with Gasteiger partial charge in [0, 0.05) is 37.8 Å². The molecule has 2 aromatic carbocycles. The Labute approximate surface area is 372 Å².